The van der Waals surface area contributed by atoms with Crippen LogP contribution in [-0.4, -0.2) is 8.32 Å². The van der Waals surface area contributed by atoms with E-state index in [-0.39, 0.29) is 6.10 Å². The summed E-state index contributed by atoms with van der Waals surface area (Å²) < 4.78 is 7.52. The van der Waals surface area contributed by atoms with Crippen molar-refractivity contribution >= 4 is 47.2 Å². The molecule has 1 unspecified atom stereocenters. The molecule has 0 aliphatic heterocycles. The van der Waals surface area contributed by atoms with Crippen LogP contribution in [0.3, 0.4) is 0 Å². The highest BCUT2D eigenvalue weighted by Crippen LogP contribution is 2.31. The molecule has 1 aromatic carbocycles. The van der Waals surface area contributed by atoms with Gasteiger partial charge in [0, 0.05) is 16.3 Å². The minimum absolute atomic E-state index is 0.0749. The minimum atomic E-state index is -1.62. The molecular weight excluding hydrogens is 372 g/mol. The molecule has 0 radical (unpaired) electrons. The quantitative estimate of drug-likeness (QED) is 0.545. The predicted octanol–water partition coefficient (Wildman–Crippen LogP) is 6.30. The Morgan fingerprint density at radius 1 is 1.25 bits per heavy atom. The average molecular weight is 390 g/mol. The maximum absolute atomic E-state index is 6.36. The van der Waals surface area contributed by atoms with Gasteiger partial charge in [0.2, 0.25) is 0 Å². The van der Waals surface area contributed by atoms with Crippen molar-refractivity contribution in [1.82, 2.24) is 0 Å². The van der Waals surface area contributed by atoms with E-state index in [2.05, 4.69) is 53.8 Å². The molecule has 108 valence electrons. The summed E-state index contributed by atoms with van der Waals surface area (Å²) in [6, 6.07) is 12.2. The molecule has 0 amide bonds. The van der Waals surface area contributed by atoms with Gasteiger partial charge in [0.1, 0.15) is 0 Å². The Kier molecular flexibility index (Phi) is 5.48. The van der Waals surface area contributed by atoms with Crippen LogP contribution >= 0.6 is 38.9 Å². The Bertz CT molecular complexity index is 579. The molecule has 5 heteroatoms. The third kappa shape index (κ3) is 5.01. The zero-order valence-corrected chi connectivity index (χ0v) is 16.0. The molecular formula is C15H18BrClOSSi. The fourth-order valence-corrected chi connectivity index (χ4v) is 4.79. The lowest BCUT2D eigenvalue weighted by Gasteiger charge is -2.26. The summed E-state index contributed by atoms with van der Waals surface area (Å²) in [5.41, 5.74) is 1.16. The van der Waals surface area contributed by atoms with E-state index in [0.29, 0.717) is 0 Å². The molecule has 1 nitrogen and oxygen atoms in total. The zero-order chi connectivity index (χ0) is 14.8. The fraction of sp³-hybridized carbons (Fsp3) is 0.333. The summed E-state index contributed by atoms with van der Waals surface area (Å²) in [5, 5.41) is 0.763. The lowest BCUT2D eigenvalue weighted by Crippen LogP contribution is -2.28. The summed E-state index contributed by atoms with van der Waals surface area (Å²) in [5.74, 6) is 0. The van der Waals surface area contributed by atoms with Crippen molar-refractivity contribution in [3.8, 4) is 0 Å². The number of rotatable bonds is 5. The molecule has 0 N–H and O–H groups in total. The Balaban J connectivity index is 2.24. The highest BCUT2D eigenvalue weighted by atomic mass is 79.9. The molecule has 20 heavy (non-hydrogen) atoms. The van der Waals surface area contributed by atoms with Crippen LogP contribution in [0, 0.1) is 0 Å². The number of hydrogen-bond acceptors (Lipinski definition) is 2. The van der Waals surface area contributed by atoms with Gasteiger partial charge in [0.25, 0.3) is 0 Å². The van der Waals surface area contributed by atoms with Gasteiger partial charge >= 0.3 is 0 Å². The van der Waals surface area contributed by atoms with Gasteiger partial charge in [-0.05, 0) is 65.4 Å². The first-order chi connectivity index (χ1) is 9.33. The Morgan fingerprint density at radius 2 is 2.00 bits per heavy atom. The van der Waals surface area contributed by atoms with Gasteiger partial charge in [-0.3, -0.25) is 0 Å². The highest BCUT2D eigenvalue weighted by Gasteiger charge is 2.23. The molecule has 0 saturated heterocycles. The van der Waals surface area contributed by atoms with Crippen LogP contribution in [0.5, 0.6) is 0 Å². The predicted molar refractivity (Wildman–Crippen MR) is 94.3 cm³/mol. The van der Waals surface area contributed by atoms with Gasteiger partial charge in [-0.25, -0.2) is 0 Å². The summed E-state index contributed by atoms with van der Waals surface area (Å²) in [6.07, 6.45) is 0.965. The minimum Gasteiger partial charge on any atom is -0.410 e. The highest BCUT2D eigenvalue weighted by molar-refractivity contribution is 9.11. The fourth-order valence-electron chi connectivity index (χ4n) is 2.01. The SMILES string of the molecule is C[Si](C)(C)OC(Cc1ccc(Br)s1)c1cccc(Cl)c1. The van der Waals surface area contributed by atoms with Gasteiger partial charge in [-0.15, -0.1) is 11.3 Å². The lowest BCUT2D eigenvalue weighted by molar-refractivity contribution is 0.199. The maximum Gasteiger partial charge on any atom is 0.184 e. The average Bonchev–Trinajstić information content (AvgIpc) is 2.72. The van der Waals surface area contributed by atoms with Crippen LogP contribution in [0.25, 0.3) is 0 Å². The lowest BCUT2D eigenvalue weighted by atomic mass is 10.1. The normalized spacial score (nSPS) is 13.4. The topological polar surface area (TPSA) is 9.23 Å². The van der Waals surface area contributed by atoms with Gasteiger partial charge in [-0.2, -0.15) is 0 Å². The van der Waals surface area contributed by atoms with E-state index >= 15 is 0 Å². The van der Waals surface area contributed by atoms with Gasteiger partial charge in [0.05, 0.1) is 9.89 Å². The number of benzene rings is 1. The summed E-state index contributed by atoms with van der Waals surface area (Å²) in [6.45, 7) is 6.65. The molecule has 0 spiro atoms. The van der Waals surface area contributed by atoms with Crippen molar-refractivity contribution in [3.05, 3.63) is 55.6 Å². The van der Waals surface area contributed by atoms with Crippen LogP contribution in [-0.2, 0) is 10.8 Å². The first kappa shape index (κ1) is 16.2. The second-order valence-corrected chi connectivity index (χ2v) is 13.1. The van der Waals surface area contributed by atoms with Crippen LogP contribution in [0.2, 0.25) is 24.7 Å². The molecule has 0 fully saturated rings. The summed E-state index contributed by atoms with van der Waals surface area (Å²) in [7, 11) is -1.62. The zero-order valence-electron chi connectivity index (χ0n) is 11.8. The van der Waals surface area contributed by atoms with Crippen molar-refractivity contribution in [1.29, 1.82) is 0 Å². The smallest absolute Gasteiger partial charge is 0.184 e. The van der Waals surface area contributed by atoms with Crippen LogP contribution in [0.15, 0.2) is 40.2 Å². The van der Waals surface area contributed by atoms with Crippen molar-refractivity contribution in [3.63, 3.8) is 0 Å². The van der Waals surface area contributed by atoms with E-state index in [9.17, 15) is 0 Å². The van der Waals surface area contributed by atoms with E-state index in [4.69, 9.17) is 16.0 Å². The molecule has 0 bridgehead atoms. The van der Waals surface area contributed by atoms with E-state index in [1.807, 2.05) is 18.2 Å². The second kappa shape index (κ2) is 6.75. The summed E-state index contributed by atoms with van der Waals surface area (Å²) >= 11 is 11.4. The van der Waals surface area contributed by atoms with Gasteiger partial charge in [-0.1, -0.05) is 23.7 Å². The Hall–Kier alpha value is -0.133. The van der Waals surface area contributed by atoms with E-state index in [1.54, 1.807) is 11.3 Å². The van der Waals surface area contributed by atoms with Crippen molar-refractivity contribution in [2.45, 2.75) is 32.2 Å². The van der Waals surface area contributed by atoms with Crippen LogP contribution < -0.4 is 0 Å². The Morgan fingerprint density at radius 3 is 2.55 bits per heavy atom. The molecule has 1 heterocycles. The second-order valence-electron chi connectivity index (χ2n) is 5.68. The van der Waals surface area contributed by atoms with Crippen molar-refractivity contribution < 1.29 is 4.43 Å². The van der Waals surface area contributed by atoms with Crippen molar-refractivity contribution in [2.24, 2.45) is 0 Å². The molecule has 0 aliphatic rings. The van der Waals surface area contributed by atoms with Crippen LogP contribution in [0.1, 0.15) is 16.5 Å². The first-order valence-corrected chi connectivity index (χ1v) is 11.9. The third-order valence-corrected chi connectivity index (χ3v) is 5.60. The number of halogens is 2. The van der Waals surface area contributed by atoms with Gasteiger partial charge < -0.3 is 4.43 Å². The van der Waals surface area contributed by atoms with E-state index < -0.39 is 8.32 Å². The standard InChI is InChI=1S/C15H18BrClOSSi/c1-20(2,3)18-14(10-13-7-8-15(16)19-13)11-5-4-6-12(17)9-11/h4-9,14H,10H2,1-3H3. The monoisotopic (exact) mass is 388 g/mol. The molecule has 1 atom stereocenters. The van der Waals surface area contributed by atoms with E-state index in [1.165, 1.54) is 4.88 Å². The van der Waals surface area contributed by atoms with E-state index in [0.717, 1.165) is 20.8 Å². The first-order valence-electron chi connectivity index (χ1n) is 6.51. The van der Waals surface area contributed by atoms with Gasteiger partial charge in [0.15, 0.2) is 8.32 Å². The number of hydrogen-bond donors (Lipinski definition) is 0. The van der Waals surface area contributed by atoms with Crippen molar-refractivity contribution in [2.75, 3.05) is 0 Å². The largest absolute Gasteiger partial charge is 0.410 e. The molecule has 0 saturated carbocycles. The Labute approximate surface area is 139 Å². The van der Waals surface area contributed by atoms with Crippen LogP contribution in [0.4, 0.5) is 0 Å². The molecule has 2 rings (SSSR count). The third-order valence-electron chi connectivity index (χ3n) is 2.73. The number of thiophene rings is 1. The molecule has 0 aliphatic carbocycles. The molecule has 1 aromatic heterocycles. The maximum atomic E-state index is 6.36. The molecule has 2 aromatic rings. The summed E-state index contributed by atoms with van der Waals surface area (Å²) in [4.78, 5) is 1.32.